The smallest absolute Gasteiger partial charge is 0.0431 e. The molecule has 0 aromatic heterocycles. The molecular weight excluding hydrogens is 290 g/mol. The van der Waals surface area contributed by atoms with Crippen LogP contribution in [0.2, 0.25) is 0 Å². The molecule has 1 aromatic rings. The van der Waals surface area contributed by atoms with Gasteiger partial charge in [0.15, 0.2) is 0 Å². The Morgan fingerprint density at radius 1 is 1.17 bits per heavy atom. The van der Waals surface area contributed by atoms with Crippen LogP contribution in [0.1, 0.15) is 43.7 Å². The molecule has 1 atom stereocenters. The number of likely N-dealkylation sites (tertiary alicyclic amines) is 1. The van der Waals surface area contributed by atoms with Crippen LogP contribution >= 0.6 is 15.9 Å². The summed E-state index contributed by atoms with van der Waals surface area (Å²) in [4.78, 5) is 2.59. The number of piperidine rings is 1. The fraction of sp³-hybridized carbons (Fsp3) is 0.600. The summed E-state index contributed by atoms with van der Waals surface area (Å²) in [5.74, 6) is 0. The number of aliphatic hydroxyl groups is 1. The average Bonchev–Trinajstić information content (AvgIpc) is 2.41. The molecule has 2 rings (SSSR count). The van der Waals surface area contributed by atoms with Crippen molar-refractivity contribution in [2.75, 3.05) is 19.7 Å². The number of hydrogen-bond donors (Lipinski definition) is 1. The number of rotatable bonds is 5. The largest absolute Gasteiger partial charge is 0.396 e. The van der Waals surface area contributed by atoms with Crippen molar-refractivity contribution in [2.45, 2.75) is 38.1 Å². The Morgan fingerprint density at radius 3 is 2.67 bits per heavy atom. The van der Waals surface area contributed by atoms with Gasteiger partial charge in [-0.1, -0.05) is 34.5 Å². The van der Waals surface area contributed by atoms with E-state index in [1.54, 1.807) is 0 Å². The molecule has 1 saturated heterocycles. The SMILES string of the molecule is OCCCCN1CCCCC1c1ccc(Br)cc1. The van der Waals surface area contributed by atoms with Crippen molar-refractivity contribution >= 4 is 15.9 Å². The lowest BCUT2D eigenvalue weighted by atomic mass is 9.95. The molecular formula is C15H22BrNO. The lowest BCUT2D eigenvalue weighted by Gasteiger charge is -2.36. The first kappa shape index (κ1) is 14.0. The monoisotopic (exact) mass is 311 g/mol. The summed E-state index contributed by atoms with van der Waals surface area (Å²) in [7, 11) is 0. The Kier molecular flexibility index (Phi) is 5.67. The van der Waals surface area contributed by atoms with E-state index in [4.69, 9.17) is 5.11 Å². The molecule has 1 unspecified atom stereocenters. The first-order valence-electron chi connectivity index (χ1n) is 6.91. The van der Waals surface area contributed by atoms with Crippen molar-refractivity contribution in [1.29, 1.82) is 0 Å². The predicted molar refractivity (Wildman–Crippen MR) is 78.6 cm³/mol. The molecule has 0 bridgehead atoms. The Bertz CT molecular complexity index is 352. The number of aliphatic hydroxyl groups excluding tert-OH is 1. The molecule has 0 spiro atoms. The van der Waals surface area contributed by atoms with Gasteiger partial charge in [-0.05, 0) is 56.5 Å². The Hall–Kier alpha value is -0.380. The van der Waals surface area contributed by atoms with Crippen molar-refractivity contribution in [3.63, 3.8) is 0 Å². The maximum Gasteiger partial charge on any atom is 0.0431 e. The summed E-state index contributed by atoms with van der Waals surface area (Å²) in [6.45, 7) is 2.63. The fourth-order valence-corrected chi connectivity index (χ4v) is 3.01. The quantitative estimate of drug-likeness (QED) is 0.837. The number of halogens is 1. The number of hydrogen-bond acceptors (Lipinski definition) is 2. The molecule has 18 heavy (non-hydrogen) atoms. The van der Waals surface area contributed by atoms with Crippen LogP contribution in [0.15, 0.2) is 28.7 Å². The summed E-state index contributed by atoms with van der Waals surface area (Å²) in [5.41, 5.74) is 1.43. The lowest BCUT2D eigenvalue weighted by molar-refractivity contribution is 0.142. The zero-order valence-corrected chi connectivity index (χ0v) is 12.4. The highest BCUT2D eigenvalue weighted by atomic mass is 79.9. The minimum Gasteiger partial charge on any atom is -0.396 e. The third-order valence-electron chi connectivity index (χ3n) is 3.72. The topological polar surface area (TPSA) is 23.5 Å². The van der Waals surface area contributed by atoms with E-state index in [2.05, 4.69) is 45.1 Å². The second-order valence-corrected chi connectivity index (χ2v) is 5.95. The van der Waals surface area contributed by atoms with Crippen LogP contribution in [0.5, 0.6) is 0 Å². The van der Waals surface area contributed by atoms with Crippen molar-refractivity contribution in [1.82, 2.24) is 4.90 Å². The summed E-state index contributed by atoms with van der Waals surface area (Å²) < 4.78 is 1.15. The number of benzene rings is 1. The van der Waals surface area contributed by atoms with Gasteiger partial charge in [0.1, 0.15) is 0 Å². The molecule has 0 amide bonds. The average molecular weight is 312 g/mol. The summed E-state index contributed by atoms with van der Waals surface area (Å²) in [6.07, 6.45) is 5.93. The van der Waals surface area contributed by atoms with E-state index in [1.807, 2.05) is 0 Å². The molecule has 2 nitrogen and oxygen atoms in total. The predicted octanol–water partition coefficient (Wildman–Crippen LogP) is 3.75. The second-order valence-electron chi connectivity index (χ2n) is 5.03. The van der Waals surface area contributed by atoms with E-state index < -0.39 is 0 Å². The van der Waals surface area contributed by atoms with Gasteiger partial charge in [-0.3, -0.25) is 4.90 Å². The summed E-state index contributed by atoms with van der Waals surface area (Å²) in [5, 5.41) is 8.89. The van der Waals surface area contributed by atoms with Crippen LogP contribution in [-0.4, -0.2) is 29.7 Å². The van der Waals surface area contributed by atoms with Gasteiger partial charge < -0.3 is 5.11 Å². The minimum atomic E-state index is 0.316. The van der Waals surface area contributed by atoms with E-state index >= 15 is 0 Å². The van der Waals surface area contributed by atoms with Crippen molar-refractivity contribution in [3.8, 4) is 0 Å². The zero-order chi connectivity index (χ0) is 12.8. The Balaban J connectivity index is 2.00. The molecule has 1 aliphatic rings. The highest BCUT2D eigenvalue weighted by Crippen LogP contribution is 2.31. The van der Waals surface area contributed by atoms with Crippen molar-refractivity contribution < 1.29 is 5.11 Å². The molecule has 1 aromatic carbocycles. The van der Waals surface area contributed by atoms with Crippen molar-refractivity contribution in [2.24, 2.45) is 0 Å². The van der Waals surface area contributed by atoms with Gasteiger partial charge in [0.05, 0.1) is 0 Å². The van der Waals surface area contributed by atoms with Gasteiger partial charge in [0, 0.05) is 17.1 Å². The molecule has 0 aliphatic carbocycles. The van der Waals surface area contributed by atoms with Gasteiger partial charge >= 0.3 is 0 Å². The third kappa shape index (κ3) is 3.81. The molecule has 1 fully saturated rings. The Labute approximate surface area is 118 Å². The van der Waals surface area contributed by atoms with Gasteiger partial charge in [-0.25, -0.2) is 0 Å². The van der Waals surface area contributed by atoms with Gasteiger partial charge in [0.25, 0.3) is 0 Å². The first-order chi connectivity index (χ1) is 8.81. The maximum absolute atomic E-state index is 8.89. The molecule has 100 valence electrons. The summed E-state index contributed by atoms with van der Waals surface area (Å²) >= 11 is 3.49. The van der Waals surface area contributed by atoms with Crippen molar-refractivity contribution in [3.05, 3.63) is 34.3 Å². The molecule has 1 aliphatic heterocycles. The fourth-order valence-electron chi connectivity index (χ4n) is 2.75. The first-order valence-corrected chi connectivity index (χ1v) is 7.71. The van der Waals surface area contributed by atoms with Crippen LogP contribution in [0.25, 0.3) is 0 Å². The number of nitrogens with zero attached hydrogens (tertiary/aromatic N) is 1. The Morgan fingerprint density at radius 2 is 1.94 bits per heavy atom. The molecule has 1 N–H and O–H groups in total. The van der Waals surface area contributed by atoms with Gasteiger partial charge in [0.2, 0.25) is 0 Å². The van der Waals surface area contributed by atoms with Crippen LogP contribution in [-0.2, 0) is 0 Å². The van der Waals surface area contributed by atoms with E-state index in [1.165, 1.54) is 31.4 Å². The summed E-state index contributed by atoms with van der Waals surface area (Å²) in [6, 6.07) is 9.31. The van der Waals surface area contributed by atoms with Crippen LogP contribution in [0, 0.1) is 0 Å². The molecule has 0 saturated carbocycles. The van der Waals surface area contributed by atoms with Crippen LogP contribution in [0.3, 0.4) is 0 Å². The standard InChI is InChI=1S/C15H22BrNO/c16-14-8-6-13(7-9-14)15-5-1-2-10-17(15)11-3-4-12-18/h6-9,15,18H,1-5,10-12H2. The van der Waals surface area contributed by atoms with Gasteiger partial charge in [-0.15, -0.1) is 0 Å². The molecule has 0 radical (unpaired) electrons. The highest BCUT2D eigenvalue weighted by molar-refractivity contribution is 9.10. The van der Waals surface area contributed by atoms with Crippen LogP contribution in [0.4, 0.5) is 0 Å². The van der Waals surface area contributed by atoms with Crippen LogP contribution < -0.4 is 0 Å². The maximum atomic E-state index is 8.89. The highest BCUT2D eigenvalue weighted by Gasteiger charge is 2.23. The van der Waals surface area contributed by atoms with E-state index in [-0.39, 0.29) is 0 Å². The molecule has 1 heterocycles. The van der Waals surface area contributed by atoms with E-state index in [0.29, 0.717) is 12.6 Å². The normalized spacial score (nSPS) is 21.1. The molecule has 3 heteroatoms. The minimum absolute atomic E-state index is 0.316. The third-order valence-corrected chi connectivity index (χ3v) is 4.25. The van der Waals surface area contributed by atoms with Gasteiger partial charge in [-0.2, -0.15) is 0 Å². The zero-order valence-electron chi connectivity index (χ0n) is 10.8. The number of unbranched alkanes of at least 4 members (excludes halogenated alkanes) is 1. The lowest BCUT2D eigenvalue weighted by Crippen LogP contribution is -2.34. The van der Waals surface area contributed by atoms with E-state index in [0.717, 1.165) is 23.9 Å². The van der Waals surface area contributed by atoms with E-state index in [9.17, 15) is 0 Å². The second kappa shape index (κ2) is 7.27.